The third-order valence-electron chi connectivity index (χ3n) is 2.92. The Hall–Kier alpha value is -2.50. The number of hydrogen-bond acceptors (Lipinski definition) is 5. The maximum Gasteiger partial charge on any atom is 0.375 e. The zero-order chi connectivity index (χ0) is 14.5. The number of rotatable bonds is 4. The SMILES string of the molecule is CCOC(=O)C(=O)[C@H]1CC(c2ccccc2)=NNC1=O. The normalized spacial score (nSPS) is 17.9. The molecule has 0 bridgehead atoms. The fourth-order valence-electron chi connectivity index (χ4n) is 1.90. The molecule has 6 nitrogen and oxygen atoms in total. The van der Waals surface area contributed by atoms with Crippen LogP contribution in [-0.4, -0.2) is 30.0 Å². The van der Waals surface area contributed by atoms with E-state index >= 15 is 0 Å². The third-order valence-corrected chi connectivity index (χ3v) is 2.92. The minimum Gasteiger partial charge on any atom is -0.460 e. The predicted octanol–water partition coefficient (Wildman–Crippen LogP) is 0.659. The van der Waals surface area contributed by atoms with Gasteiger partial charge in [-0.1, -0.05) is 30.3 Å². The molecule has 1 atom stereocenters. The van der Waals surface area contributed by atoms with Crippen LogP contribution in [0.4, 0.5) is 0 Å². The highest BCUT2D eigenvalue weighted by molar-refractivity contribution is 6.39. The number of nitrogens with one attached hydrogen (secondary N) is 1. The van der Waals surface area contributed by atoms with Gasteiger partial charge >= 0.3 is 5.97 Å². The number of ketones is 1. The minimum atomic E-state index is -1.08. The summed E-state index contributed by atoms with van der Waals surface area (Å²) in [6, 6.07) is 9.16. The van der Waals surface area contributed by atoms with Gasteiger partial charge in [-0.2, -0.15) is 5.10 Å². The molecule has 2 rings (SSSR count). The van der Waals surface area contributed by atoms with Gasteiger partial charge in [0.15, 0.2) is 0 Å². The first kappa shape index (κ1) is 13.9. The molecule has 0 unspecified atom stereocenters. The van der Waals surface area contributed by atoms with Crippen molar-refractivity contribution in [2.45, 2.75) is 13.3 Å². The van der Waals surface area contributed by atoms with Crippen LogP contribution in [0.15, 0.2) is 35.4 Å². The molecule has 1 aromatic rings. The second-order valence-electron chi connectivity index (χ2n) is 4.24. The maximum atomic E-state index is 11.9. The number of carbonyl (C=O) groups is 3. The molecule has 1 aromatic carbocycles. The van der Waals surface area contributed by atoms with E-state index in [1.807, 2.05) is 30.3 Å². The lowest BCUT2D eigenvalue weighted by atomic mass is 9.92. The summed E-state index contributed by atoms with van der Waals surface area (Å²) in [6.07, 6.45) is 0.0908. The van der Waals surface area contributed by atoms with Crippen LogP contribution in [0.2, 0.25) is 0 Å². The third kappa shape index (κ3) is 2.90. The van der Waals surface area contributed by atoms with Gasteiger partial charge < -0.3 is 4.74 Å². The molecule has 0 aliphatic carbocycles. The van der Waals surface area contributed by atoms with Crippen molar-refractivity contribution in [3.05, 3.63) is 35.9 Å². The van der Waals surface area contributed by atoms with Gasteiger partial charge in [0.1, 0.15) is 5.92 Å². The number of ether oxygens (including phenoxy) is 1. The van der Waals surface area contributed by atoms with Gasteiger partial charge in [0.05, 0.1) is 12.3 Å². The number of Topliss-reactive ketones (excluding diaryl/α,β-unsaturated/α-hetero) is 1. The first-order valence-corrected chi connectivity index (χ1v) is 6.26. The van der Waals surface area contributed by atoms with Crippen molar-refractivity contribution in [2.24, 2.45) is 11.0 Å². The molecule has 1 aliphatic rings. The summed E-state index contributed by atoms with van der Waals surface area (Å²) in [5.41, 5.74) is 3.64. The second-order valence-corrected chi connectivity index (χ2v) is 4.24. The molecule has 1 aliphatic heterocycles. The van der Waals surface area contributed by atoms with E-state index in [0.717, 1.165) is 5.56 Å². The summed E-state index contributed by atoms with van der Waals surface area (Å²) in [4.78, 5) is 35.0. The number of carbonyl (C=O) groups excluding carboxylic acids is 3. The molecule has 1 heterocycles. The van der Waals surface area contributed by atoms with Crippen molar-refractivity contribution in [1.29, 1.82) is 0 Å². The summed E-state index contributed by atoms with van der Waals surface area (Å²) in [5, 5.41) is 3.93. The highest BCUT2D eigenvalue weighted by atomic mass is 16.5. The molecular formula is C14H14N2O4. The van der Waals surface area contributed by atoms with Crippen molar-refractivity contribution >= 4 is 23.4 Å². The fourth-order valence-corrected chi connectivity index (χ4v) is 1.90. The van der Waals surface area contributed by atoms with Gasteiger partial charge in [-0.25, -0.2) is 10.2 Å². The molecule has 20 heavy (non-hydrogen) atoms. The largest absolute Gasteiger partial charge is 0.460 e. The topological polar surface area (TPSA) is 84.8 Å². The van der Waals surface area contributed by atoms with Crippen LogP contribution in [0.25, 0.3) is 0 Å². The van der Waals surface area contributed by atoms with Crippen LogP contribution in [0.5, 0.6) is 0 Å². The molecule has 1 amide bonds. The van der Waals surface area contributed by atoms with Crippen LogP contribution >= 0.6 is 0 Å². The van der Waals surface area contributed by atoms with E-state index < -0.39 is 23.6 Å². The summed E-state index contributed by atoms with van der Waals surface area (Å²) >= 11 is 0. The van der Waals surface area contributed by atoms with Gasteiger partial charge in [-0.15, -0.1) is 0 Å². The Morgan fingerprint density at radius 2 is 2.05 bits per heavy atom. The lowest BCUT2D eigenvalue weighted by Gasteiger charge is -2.19. The Morgan fingerprint density at radius 1 is 1.35 bits per heavy atom. The molecule has 0 saturated carbocycles. The van der Waals surface area contributed by atoms with Crippen LogP contribution in [0.3, 0.4) is 0 Å². The van der Waals surface area contributed by atoms with Crippen molar-refractivity contribution < 1.29 is 19.1 Å². The minimum absolute atomic E-state index is 0.0908. The number of esters is 1. The van der Waals surface area contributed by atoms with Gasteiger partial charge in [-0.3, -0.25) is 9.59 Å². The number of hydrogen-bond donors (Lipinski definition) is 1. The fraction of sp³-hybridized carbons (Fsp3) is 0.286. The first-order valence-electron chi connectivity index (χ1n) is 6.26. The van der Waals surface area contributed by atoms with Crippen molar-refractivity contribution in [1.82, 2.24) is 5.43 Å². The second kappa shape index (κ2) is 6.10. The predicted molar refractivity (Wildman–Crippen MR) is 70.9 cm³/mol. The Bertz CT molecular complexity index is 566. The van der Waals surface area contributed by atoms with Crippen LogP contribution in [0, 0.1) is 5.92 Å². The first-order chi connectivity index (χ1) is 9.63. The average molecular weight is 274 g/mol. The number of hydrazone groups is 1. The number of benzene rings is 1. The molecule has 0 spiro atoms. The van der Waals surface area contributed by atoms with E-state index in [1.54, 1.807) is 6.92 Å². The molecule has 0 fully saturated rings. The average Bonchev–Trinajstić information content (AvgIpc) is 2.48. The van der Waals surface area contributed by atoms with Crippen molar-refractivity contribution in [2.75, 3.05) is 6.61 Å². The van der Waals surface area contributed by atoms with Gasteiger partial charge in [0.25, 0.3) is 11.7 Å². The standard InChI is InChI=1S/C14H14N2O4/c1-2-20-14(19)12(17)10-8-11(15-16-13(10)18)9-6-4-3-5-7-9/h3-7,10H,2,8H2,1H3,(H,16,18)/t10-/m1/s1. The van der Waals surface area contributed by atoms with E-state index in [-0.39, 0.29) is 13.0 Å². The highest BCUT2D eigenvalue weighted by Crippen LogP contribution is 2.16. The van der Waals surface area contributed by atoms with Gasteiger partial charge in [0, 0.05) is 6.42 Å². The van der Waals surface area contributed by atoms with Crippen molar-refractivity contribution in [3.8, 4) is 0 Å². The van der Waals surface area contributed by atoms with Crippen LogP contribution in [0.1, 0.15) is 18.9 Å². The number of amides is 1. The van der Waals surface area contributed by atoms with E-state index in [9.17, 15) is 14.4 Å². The molecule has 0 saturated heterocycles. The Labute approximate surface area is 115 Å². The summed E-state index contributed by atoms with van der Waals surface area (Å²) in [7, 11) is 0. The van der Waals surface area contributed by atoms with E-state index in [2.05, 4.69) is 15.3 Å². The summed E-state index contributed by atoms with van der Waals surface area (Å²) in [5.74, 6) is -3.49. The summed E-state index contributed by atoms with van der Waals surface area (Å²) in [6.45, 7) is 1.70. The smallest absolute Gasteiger partial charge is 0.375 e. The molecule has 0 aromatic heterocycles. The zero-order valence-corrected chi connectivity index (χ0v) is 11.0. The highest BCUT2D eigenvalue weighted by Gasteiger charge is 2.36. The van der Waals surface area contributed by atoms with E-state index in [4.69, 9.17) is 0 Å². The molecular weight excluding hydrogens is 260 g/mol. The molecule has 6 heteroatoms. The number of nitrogens with zero attached hydrogens (tertiary/aromatic N) is 1. The van der Waals surface area contributed by atoms with Gasteiger partial charge in [-0.05, 0) is 12.5 Å². The van der Waals surface area contributed by atoms with Crippen LogP contribution < -0.4 is 5.43 Å². The van der Waals surface area contributed by atoms with Gasteiger partial charge in [0.2, 0.25) is 0 Å². The quantitative estimate of drug-likeness (QED) is 0.496. The monoisotopic (exact) mass is 274 g/mol. The molecule has 104 valence electrons. The summed E-state index contributed by atoms with van der Waals surface area (Å²) < 4.78 is 4.64. The Balaban J connectivity index is 2.17. The molecule has 1 N–H and O–H groups in total. The zero-order valence-electron chi connectivity index (χ0n) is 11.0. The Kier molecular flexibility index (Phi) is 4.24. The lowest BCUT2D eigenvalue weighted by Crippen LogP contribution is -2.42. The van der Waals surface area contributed by atoms with Crippen LogP contribution in [-0.2, 0) is 19.1 Å². The Morgan fingerprint density at radius 3 is 2.70 bits per heavy atom. The lowest BCUT2D eigenvalue weighted by molar-refractivity contribution is -0.157. The van der Waals surface area contributed by atoms with Crippen molar-refractivity contribution in [3.63, 3.8) is 0 Å². The maximum absolute atomic E-state index is 11.9. The van der Waals surface area contributed by atoms with E-state index in [1.165, 1.54) is 0 Å². The molecule has 0 radical (unpaired) electrons. The van der Waals surface area contributed by atoms with E-state index in [0.29, 0.717) is 5.71 Å².